The number of hydrogen-bond acceptors (Lipinski definition) is 4. The lowest BCUT2D eigenvalue weighted by Gasteiger charge is -2.33. The smallest absolute Gasteiger partial charge is 0.338 e. The molecule has 3 aromatic carbocycles. The molecule has 1 saturated heterocycles. The first-order valence-electron chi connectivity index (χ1n) is 12.6. The zero-order chi connectivity index (χ0) is 24.5. The summed E-state index contributed by atoms with van der Waals surface area (Å²) in [6.07, 6.45) is 4.65. The molecule has 0 spiro atoms. The number of hydrogen-bond donors (Lipinski definition) is 1. The molecule has 0 aromatic heterocycles. The van der Waals surface area contributed by atoms with Crippen LogP contribution in [0.2, 0.25) is 0 Å². The lowest BCUT2D eigenvalue weighted by Crippen LogP contribution is -2.35. The molecule has 1 aliphatic rings. The number of nitrogens with one attached hydrogen (secondary N) is 1. The summed E-state index contributed by atoms with van der Waals surface area (Å²) in [7, 11) is 0. The molecule has 1 amide bonds. The third-order valence-electron chi connectivity index (χ3n) is 6.46. The van der Waals surface area contributed by atoms with Gasteiger partial charge in [0, 0.05) is 18.8 Å². The molecule has 1 unspecified atom stereocenters. The van der Waals surface area contributed by atoms with Crippen LogP contribution in [-0.2, 0) is 22.4 Å². The van der Waals surface area contributed by atoms with E-state index in [4.69, 9.17) is 4.74 Å². The van der Waals surface area contributed by atoms with Crippen molar-refractivity contribution in [2.45, 2.75) is 45.1 Å². The van der Waals surface area contributed by atoms with Gasteiger partial charge < -0.3 is 15.0 Å². The van der Waals surface area contributed by atoms with Crippen molar-refractivity contribution in [1.29, 1.82) is 0 Å². The van der Waals surface area contributed by atoms with Crippen LogP contribution < -0.4 is 10.2 Å². The van der Waals surface area contributed by atoms with Crippen molar-refractivity contribution in [2.24, 2.45) is 0 Å². The van der Waals surface area contributed by atoms with Crippen molar-refractivity contribution in [3.8, 4) is 0 Å². The Balaban J connectivity index is 1.53. The number of benzene rings is 3. The number of para-hydroxylation sites is 1. The maximum atomic E-state index is 13.2. The molecule has 0 aliphatic carbocycles. The first kappa shape index (κ1) is 24.5. The predicted octanol–water partition coefficient (Wildman–Crippen LogP) is 5.50. The van der Waals surface area contributed by atoms with Gasteiger partial charge in [-0.25, -0.2) is 4.79 Å². The molecule has 5 heteroatoms. The SMILES string of the molecule is CCOC(=O)c1ccc(CC(=O)NC(Cc2ccccc2)c2ccccc2N2CCCCC2)cc1. The Labute approximate surface area is 208 Å². The maximum Gasteiger partial charge on any atom is 0.338 e. The first-order chi connectivity index (χ1) is 17.1. The Hall–Kier alpha value is -3.60. The highest BCUT2D eigenvalue weighted by Crippen LogP contribution is 2.31. The Morgan fingerprint density at radius 2 is 1.54 bits per heavy atom. The van der Waals surface area contributed by atoms with Crippen LogP contribution in [0.25, 0.3) is 0 Å². The van der Waals surface area contributed by atoms with Crippen LogP contribution in [0.5, 0.6) is 0 Å². The molecule has 1 N–H and O–H groups in total. The zero-order valence-corrected chi connectivity index (χ0v) is 20.4. The number of ether oxygens (including phenoxy) is 1. The Morgan fingerprint density at radius 1 is 0.857 bits per heavy atom. The second kappa shape index (κ2) is 12.2. The summed E-state index contributed by atoms with van der Waals surface area (Å²) in [6.45, 7) is 4.22. The minimum atomic E-state index is -0.347. The number of carbonyl (C=O) groups excluding carboxylic acids is 2. The van der Waals surface area contributed by atoms with Gasteiger partial charge in [-0.1, -0.05) is 60.7 Å². The fraction of sp³-hybridized carbons (Fsp3) is 0.333. The highest BCUT2D eigenvalue weighted by Gasteiger charge is 2.22. The summed E-state index contributed by atoms with van der Waals surface area (Å²) >= 11 is 0. The van der Waals surface area contributed by atoms with Gasteiger partial charge in [0.05, 0.1) is 24.6 Å². The second-order valence-corrected chi connectivity index (χ2v) is 9.01. The van der Waals surface area contributed by atoms with Crippen LogP contribution in [-0.4, -0.2) is 31.6 Å². The van der Waals surface area contributed by atoms with Gasteiger partial charge in [0.25, 0.3) is 0 Å². The van der Waals surface area contributed by atoms with Crippen molar-refractivity contribution in [2.75, 3.05) is 24.6 Å². The molecule has 0 saturated carbocycles. The fourth-order valence-corrected chi connectivity index (χ4v) is 4.70. The van der Waals surface area contributed by atoms with E-state index in [0.717, 1.165) is 30.6 Å². The predicted molar refractivity (Wildman–Crippen MR) is 140 cm³/mol. The van der Waals surface area contributed by atoms with E-state index in [1.54, 1.807) is 19.1 Å². The van der Waals surface area contributed by atoms with Crippen LogP contribution in [0.3, 0.4) is 0 Å². The monoisotopic (exact) mass is 470 g/mol. The quantitative estimate of drug-likeness (QED) is 0.420. The van der Waals surface area contributed by atoms with Gasteiger partial charge in [-0.2, -0.15) is 0 Å². The van der Waals surface area contributed by atoms with E-state index < -0.39 is 0 Å². The molecule has 4 rings (SSSR count). The molecule has 182 valence electrons. The van der Waals surface area contributed by atoms with Crippen molar-refractivity contribution in [1.82, 2.24) is 5.32 Å². The van der Waals surface area contributed by atoms with Crippen LogP contribution in [0.4, 0.5) is 5.69 Å². The summed E-state index contributed by atoms with van der Waals surface area (Å²) in [6, 6.07) is 25.7. The summed E-state index contributed by atoms with van der Waals surface area (Å²) in [5.74, 6) is -0.385. The summed E-state index contributed by atoms with van der Waals surface area (Å²) in [5.41, 5.74) is 4.91. The maximum absolute atomic E-state index is 13.2. The van der Waals surface area contributed by atoms with E-state index in [1.165, 1.54) is 30.5 Å². The van der Waals surface area contributed by atoms with E-state index in [2.05, 4.69) is 46.6 Å². The number of carbonyl (C=O) groups is 2. The largest absolute Gasteiger partial charge is 0.462 e. The number of amides is 1. The third kappa shape index (κ3) is 6.72. The molecular formula is C30H34N2O3. The lowest BCUT2D eigenvalue weighted by atomic mass is 9.95. The summed E-state index contributed by atoms with van der Waals surface area (Å²) < 4.78 is 5.05. The zero-order valence-electron chi connectivity index (χ0n) is 20.4. The molecular weight excluding hydrogens is 436 g/mol. The first-order valence-corrected chi connectivity index (χ1v) is 12.6. The number of nitrogens with zero attached hydrogens (tertiary/aromatic N) is 1. The molecule has 1 fully saturated rings. The van der Waals surface area contributed by atoms with Gasteiger partial charge in [-0.05, 0) is 67.5 Å². The Morgan fingerprint density at radius 3 is 2.26 bits per heavy atom. The van der Waals surface area contributed by atoms with Gasteiger partial charge in [0.15, 0.2) is 0 Å². The summed E-state index contributed by atoms with van der Waals surface area (Å²) in [4.78, 5) is 27.5. The molecule has 3 aromatic rings. The standard InChI is InChI=1S/C30H34N2O3/c1-2-35-30(34)25-17-15-24(16-18-25)22-29(33)31-27(21-23-11-5-3-6-12-23)26-13-7-8-14-28(26)32-19-9-4-10-20-32/h3,5-8,11-18,27H,2,4,9-10,19-22H2,1H3,(H,31,33). The van der Waals surface area contributed by atoms with Crippen LogP contribution >= 0.6 is 0 Å². The van der Waals surface area contributed by atoms with Gasteiger partial charge >= 0.3 is 5.97 Å². The van der Waals surface area contributed by atoms with Gasteiger partial charge in [-0.3, -0.25) is 4.79 Å². The third-order valence-corrected chi connectivity index (χ3v) is 6.46. The molecule has 35 heavy (non-hydrogen) atoms. The Bertz CT molecular complexity index is 1110. The van der Waals surface area contributed by atoms with Crippen molar-refractivity contribution < 1.29 is 14.3 Å². The van der Waals surface area contributed by atoms with Gasteiger partial charge in [0.1, 0.15) is 0 Å². The van der Waals surface area contributed by atoms with Crippen molar-refractivity contribution in [3.05, 3.63) is 101 Å². The summed E-state index contributed by atoms with van der Waals surface area (Å²) in [5, 5.41) is 3.31. The van der Waals surface area contributed by atoms with Crippen molar-refractivity contribution >= 4 is 17.6 Å². The van der Waals surface area contributed by atoms with Gasteiger partial charge in [-0.15, -0.1) is 0 Å². The highest BCUT2D eigenvalue weighted by atomic mass is 16.5. The van der Waals surface area contributed by atoms with E-state index >= 15 is 0 Å². The number of anilines is 1. The molecule has 1 aliphatic heterocycles. The normalized spacial score (nSPS) is 14.3. The molecule has 5 nitrogen and oxygen atoms in total. The second-order valence-electron chi connectivity index (χ2n) is 9.01. The average molecular weight is 471 g/mol. The number of esters is 1. The van der Waals surface area contributed by atoms with Crippen LogP contribution in [0.15, 0.2) is 78.9 Å². The average Bonchev–Trinajstić information content (AvgIpc) is 2.90. The van der Waals surface area contributed by atoms with E-state index in [-0.39, 0.29) is 24.3 Å². The topological polar surface area (TPSA) is 58.6 Å². The molecule has 0 radical (unpaired) electrons. The van der Waals surface area contributed by atoms with E-state index in [1.807, 2.05) is 30.3 Å². The molecule has 1 heterocycles. The lowest BCUT2D eigenvalue weighted by molar-refractivity contribution is -0.121. The van der Waals surface area contributed by atoms with E-state index in [0.29, 0.717) is 12.2 Å². The molecule has 1 atom stereocenters. The Kier molecular flexibility index (Phi) is 8.55. The highest BCUT2D eigenvalue weighted by molar-refractivity contribution is 5.89. The van der Waals surface area contributed by atoms with E-state index in [9.17, 15) is 9.59 Å². The number of piperidine rings is 1. The van der Waals surface area contributed by atoms with Crippen LogP contribution in [0.1, 0.15) is 59.3 Å². The van der Waals surface area contributed by atoms with Gasteiger partial charge in [0.2, 0.25) is 5.91 Å². The molecule has 0 bridgehead atoms. The number of rotatable bonds is 9. The van der Waals surface area contributed by atoms with Crippen molar-refractivity contribution in [3.63, 3.8) is 0 Å². The fourth-order valence-electron chi connectivity index (χ4n) is 4.70. The minimum Gasteiger partial charge on any atom is -0.462 e. The minimum absolute atomic E-state index is 0.0386. The van der Waals surface area contributed by atoms with Crippen LogP contribution in [0, 0.1) is 0 Å².